The van der Waals surface area contributed by atoms with E-state index in [4.69, 9.17) is 11.6 Å². The minimum atomic E-state index is -0.257. The molecule has 1 aromatic carbocycles. The van der Waals surface area contributed by atoms with Crippen molar-refractivity contribution in [3.05, 3.63) is 31.6 Å². The highest BCUT2D eigenvalue weighted by Gasteiger charge is 2.05. The Labute approximate surface area is 91.4 Å². The molecule has 0 aliphatic carbocycles. The van der Waals surface area contributed by atoms with E-state index < -0.39 is 0 Å². The van der Waals surface area contributed by atoms with Gasteiger partial charge in [-0.2, -0.15) is 0 Å². The first kappa shape index (κ1) is 9.74. The van der Waals surface area contributed by atoms with E-state index >= 15 is 0 Å². The molecule has 0 radical (unpaired) electrons. The monoisotopic (exact) mass is 348 g/mol. The highest BCUT2D eigenvalue weighted by molar-refractivity contribution is 14.1. The molecule has 0 unspecified atom stereocenters. The van der Waals surface area contributed by atoms with Crippen LogP contribution in [0.25, 0.3) is 0 Å². The molecule has 0 fully saturated rings. The second-order valence-electron chi connectivity index (χ2n) is 1.99. The van der Waals surface area contributed by atoms with Gasteiger partial charge in [0, 0.05) is 9.45 Å². The largest absolute Gasteiger partial charge is 0.206 e. The molecule has 0 nitrogen and oxygen atoms in total. The van der Waals surface area contributed by atoms with Crippen molar-refractivity contribution in [3.8, 4) is 0 Å². The zero-order valence-electron chi connectivity index (χ0n) is 5.37. The highest BCUT2D eigenvalue weighted by atomic mass is 127. The van der Waals surface area contributed by atoms with E-state index in [-0.39, 0.29) is 5.82 Å². The average molecular weight is 349 g/mol. The second-order valence-corrected chi connectivity index (χ2v) is 4.30. The molecule has 0 N–H and O–H groups in total. The maximum Gasteiger partial charge on any atom is 0.138 e. The van der Waals surface area contributed by atoms with Crippen molar-refractivity contribution in [2.75, 3.05) is 0 Å². The van der Waals surface area contributed by atoms with Gasteiger partial charge in [0.15, 0.2) is 0 Å². The van der Waals surface area contributed by atoms with E-state index in [0.29, 0.717) is 10.4 Å². The molecule has 0 aliphatic rings. The van der Waals surface area contributed by atoms with Gasteiger partial charge in [-0.05, 0) is 56.2 Å². The summed E-state index contributed by atoms with van der Waals surface area (Å²) in [6, 6.07) is 3.31. The number of hydrogen-bond donors (Lipinski definition) is 0. The van der Waals surface area contributed by atoms with Gasteiger partial charge in [-0.25, -0.2) is 4.39 Å². The summed E-state index contributed by atoms with van der Waals surface area (Å²) in [6.07, 6.45) is 0. The molecule has 4 heteroatoms. The second kappa shape index (κ2) is 4.05. The summed E-state index contributed by atoms with van der Waals surface area (Å²) < 4.78 is 14.2. The lowest BCUT2D eigenvalue weighted by Crippen LogP contribution is -1.87. The number of benzene rings is 1. The highest BCUT2D eigenvalue weighted by Crippen LogP contribution is 2.24. The smallest absolute Gasteiger partial charge is 0.138 e. The van der Waals surface area contributed by atoms with Crippen molar-refractivity contribution in [3.63, 3.8) is 0 Å². The quantitative estimate of drug-likeness (QED) is 0.409. The maximum absolute atomic E-state index is 12.9. The van der Waals surface area contributed by atoms with Crippen molar-refractivity contribution in [1.29, 1.82) is 0 Å². The zero-order valence-corrected chi connectivity index (χ0v) is 9.87. The third-order valence-corrected chi connectivity index (χ3v) is 3.01. The van der Waals surface area contributed by atoms with Crippen molar-refractivity contribution in [1.82, 2.24) is 0 Å². The lowest BCUT2D eigenvalue weighted by Gasteiger charge is -2.01. The van der Waals surface area contributed by atoms with Gasteiger partial charge < -0.3 is 0 Å². The van der Waals surface area contributed by atoms with Gasteiger partial charge in [0.25, 0.3) is 0 Å². The fraction of sp³-hybridized carbons (Fsp3) is 0.143. The van der Waals surface area contributed by atoms with Crippen LogP contribution in [-0.4, -0.2) is 0 Å². The van der Waals surface area contributed by atoms with Crippen molar-refractivity contribution < 1.29 is 4.39 Å². The predicted octanol–water partition coefficient (Wildman–Crippen LogP) is 3.93. The van der Waals surface area contributed by atoms with Crippen LogP contribution < -0.4 is 0 Å². The van der Waals surface area contributed by atoms with E-state index in [2.05, 4.69) is 38.5 Å². The van der Waals surface area contributed by atoms with Crippen LogP contribution in [0.3, 0.4) is 0 Å². The van der Waals surface area contributed by atoms with Gasteiger partial charge in [-0.1, -0.05) is 0 Å². The Morgan fingerprint density at radius 1 is 1.55 bits per heavy atom. The Balaban J connectivity index is 3.24. The number of rotatable bonds is 1. The Kier molecular flexibility index (Phi) is 3.58. The lowest BCUT2D eigenvalue weighted by molar-refractivity contribution is 0.618. The summed E-state index contributed by atoms with van der Waals surface area (Å²) in [5.74, 6) is 0.0708. The van der Waals surface area contributed by atoms with Crippen LogP contribution in [0.15, 0.2) is 16.6 Å². The topological polar surface area (TPSA) is 0 Å². The molecule has 0 aromatic heterocycles. The molecule has 0 heterocycles. The summed E-state index contributed by atoms with van der Waals surface area (Å²) in [4.78, 5) is 0. The van der Waals surface area contributed by atoms with Crippen LogP contribution in [0, 0.1) is 9.39 Å². The standard InChI is InChI=1S/C7H4BrClFI/c8-7-4(3-9)1-5(11)2-6(7)10/h1-2H,3H2. The first-order valence-corrected chi connectivity index (χ1v) is 5.25. The molecular weight excluding hydrogens is 345 g/mol. The number of halogens is 4. The van der Waals surface area contributed by atoms with Gasteiger partial charge in [-0.15, -0.1) is 11.6 Å². The molecule has 1 rings (SSSR count). The predicted molar refractivity (Wildman–Crippen MR) is 56.4 cm³/mol. The first-order valence-electron chi connectivity index (χ1n) is 2.84. The van der Waals surface area contributed by atoms with Crippen molar-refractivity contribution in [2.45, 2.75) is 5.88 Å². The van der Waals surface area contributed by atoms with Crippen LogP contribution in [-0.2, 0) is 5.88 Å². The SMILES string of the molecule is Fc1cc(I)cc(CCl)c1Br. The minimum Gasteiger partial charge on any atom is -0.206 e. The van der Waals surface area contributed by atoms with E-state index in [0.717, 1.165) is 9.13 Å². The van der Waals surface area contributed by atoms with Gasteiger partial charge >= 0.3 is 0 Å². The van der Waals surface area contributed by atoms with Crippen LogP contribution >= 0.6 is 50.1 Å². The van der Waals surface area contributed by atoms with Crippen LogP contribution in [0.1, 0.15) is 5.56 Å². The summed E-state index contributed by atoms with van der Waals surface area (Å²) in [5.41, 5.74) is 0.788. The van der Waals surface area contributed by atoms with Crippen LogP contribution in [0.5, 0.6) is 0 Å². The average Bonchev–Trinajstić information content (AvgIpc) is 1.96. The van der Waals surface area contributed by atoms with Gasteiger partial charge in [0.1, 0.15) is 5.82 Å². The molecular formula is C7H4BrClFI. The summed E-state index contributed by atoms with van der Waals surface area (Å²) in [7, 11) is 0. The number of alkyl halides is 1. The van der Waals surface area contributed by atoms with Crippen molar-refractivity contribution >= 4 is 50.1 Å². The summed E-state index contributed by atoms with van der Waals surface area (Å²) in [5, 5.41) is 0. The first-order chi connectivity index (χ1) is 5.15. The molecule has 0 spiro atoms. The van der Waals surface area contributed by atoms with Crippen LogP contribution in [0.2, 0.25) is 0 Å². The molecule has 11 heavy (non-hydrogen) atoms. The Morgan fingerprint density at radius 2 is 2.18 bits per heavy atom. The van der Waals surface area contributed by atoms with E-state index in [1.165, 1.54) is 6.07 Å². The molecule has 0 bridgehead atoms. The zero-order chi connectivity index (χ0) is 8.43. The fourth-order valence-electron chi connectivity index (χ4n) is 0.707. The number of hydrogen-bond acceptors (Lipinski definition) is 0. The van der Waals surface area contributed by atoms with Gasteiger partial charge in [0.05, 0.1) is 4.47 Å². The molecule has 0 saturated heterocycles. The Hall–Kier alpha value is 0.650. The minimum absolute atomic E-state index is 0.257. The van der Waals surface area contributed by atoms with Gasteiger partial charge in [-0.3, -0.25) is 0 Å². The molecule has 0 atom stereocenters. The van der Waals surface area contributed by atoms with E-state index in [9.17, 15) is 4.39 Å². The third kappa shape index (κ3) is 2.29. The molecule has 60 valence electrons. The van der Waals surface area contributed by atoms with Crippen molar-refractivity contribution in [2.24, 2.45) is 0 Å². The van der Waals surface area contributed by atoms with Crippen LogP contribution in [0.4, 0.5) is 4.39 Å². The van der Waals surface area contributed by atoms with E-state index in [1.807, 2.05) is 6.07 Å². The molecule has 1 aromatic rings. The maximum atomic E-state index is 12.9. The normalized spacial score (nSPS) is 10.2. The molecule has 0 amide bonds. The lowest BCUT2D eigenvalue weighted by atomic mass is 10.2. The summed E-state index contributed by atoms with van der Waals surface area (Å²) >= 11 is 10.7. The third-order valence-electron chi connectivity index (χ3n) is 1.21. The van der Waals surface area contributed by atoms with E-state index in [1.54, 1.807) is 0 Å². The molecule has 0 saturated carbocycles. The fourth-order valence-corrected chi connectivity index (χ4v) is 2.10. The molecule has 0 aliphatic heterocycles. The Morgan fingerprint density at radius 3 is 2.73 bits per heavy atom. The summed E-state index contributed by atoms with van der Waals surface area (Å²) in [6.45, 7) is 0. The Bertz CT molecular complexity index is 277. The van der Waals surface area contributed by atoms with Gasteiger partial charge in [0.2, 0.25) is 0 Å².